The average molecular weight is 247 g/mol. The highest BCUT2D eigenvalue weighted by Crippen LogP contribution is 2.30. The van der Waals surface area contributed by atoms with Crippen LogP contribution in [0.3, 0.4) is 0 Å². The van der Waals surface area contributed by atoms with Gasteiger partial charge in [0.15, 0.2) is 0 Å². The van der Waals surface area contributed by atoms with Crippen LogP contribution in [0.15, 0.2) is 36.4 Å². The molecule has 0 fully saturated rings. The highest BCUT2D eigenvalue weighted by Gasteiger charge is 2.05. The molecule has 3 N–H and O–H groups in total. The molecule has 0 atom stereocenters. The van der Waals surface area contributed by atoms with E-state index >= 15 is 0 Å². The Balaban J connectivity index is 2.58. The van der Waals surface area contributed by atoms with E-state index in [9.17, 15) is 0 Å². The lowest BCUT2D eigenvalue weighted by molar-refractivity contribution is 1.43. The number of nitrogens with two attached hydrogens (primary N) is 1. The molecule has 0 heterocycles. The van der Waals surface area contributed by atoms with E-state index in [1.165, 1.54) is 5.56 Å². The van der Waals surface area contributed by atoms with Crippen LogP contribution in [0.2, 0.25) is 5.02 Å². The molecule has 0 unspecified atom stereocenters. The second-order valence-electron chi connectivity index (χ2n) is 4.05. The van der Waals surface area contributed by atoms with Gasteiger partial charge in [-0.2, -0.15) is 0 Å². The summed E-state index contributed by atoms with van der Waals surface area (Å²) in [6.07, 6.45) is 0. The number of hydrogen-bond acceptors (Lipinski definition) is 2. The summed E-state index contributed by atoms with van der Waals surface area (Å²) in [6, 6.07) is 11.8. The van der Waals surface area contributed by atoms with Crippen molar-refractivity contribution in [3.8, 4) is 11.1 Å². The summed E-state index contributed by atoms with van der Waals surface area (Å²) in [5, 5.41) is 3.79. The maximum Gasteiger partial charge on any atom is 0.0432 e. The molecule has 0 amide bonds. The molecule has 2 nitrogen and oxygen atoms in total. The fourth-order valence-corrected chi connectivity index (χ4v) is 2.10. The van der Waals surface area contributed by atoms with Crippen LogP contribution in [-0.2, 0) is 0 Å². The smallest absolute Gasteiger partial charge is 0.0432 e. The molecule has 0 radical (unpaired) electrons. The highest BCUT2D eigenvalue weighted by molar-refractivity contribution is 6.31. The van der Waals surface area contributed by atoms with Gasteiger partial charge in [0.25, 0.3) is 0 Å². The molecule has 17 heavy (non-hydrogen) atoms. The number of benzene rings is 2. The molecular weight excluding hydrogens is 232 g/mol. The maximum absolute atomic E-state index is 6.03. The molecule has 0 aromatic heterocycles. The normalized spacial score (nSPS) is 10.3. The van der Waals surface area contributed by atoms with Gasteiger partial charge in [0.1, 0.15) is 0 Å². The molecular formula is C14H15ClN2. The third-order valence-electron chi connectivity index (χ3n) is 2.76. The van der Waals surface area contributed by atoms with Crippen molar-refractivity contribution in [2.75, 3.05) is 18.1 Å². The van der Waals surface area contributed by atoms with Gasteiger partial charge in [-0.05, 0) is 53.9 Å². The molecule has 0 saturated heterocycles. The van der Waals surface area contributed by atoms with E-state index in [4.69, 9.17) is 17.3 Å². The van der Waals surface area contributed by atoms with Crippen LogP contribution < -0.4 is 11.1 Å². The summed E-state index contributed by atoms with van der Waals surface area (Å²) in [5.74, 6) is 0. The van der Waals surface area contributed by atoms with Crippen molar-refractivity contribution in [2.24, 2.45) is 0 Å². The number of aryl methyl sites for hydroxylation is 1. The van der Waals surface area contributed by atoms with Crippen LogP contribution in [0.4, 0.5) is 11.4 Å². The SMILES string of the molecule is CNc1ccc(C)c(-c2cc(N)cc(Cl)c2)c1. The van der Waals surface area contributed by atoms with Gasteiger partial charge in [0, 0.05) is 23.4 Å². The third-order valence-corrected chi connectivity index (χ3v) is 2.98. The summed E-state index contributed by atoms with van der Waals surface area (Å²) >= 11 is 6.03. The first-order chi connectivity index (χ1) is 8.10. The van der Waals surface area contributed by atoms with E-state index in [1.54, 1.807) is 6.07 Å². The van der Waals surface area contributed by atoms with Crippen molar-refractivity contribution in [1.82, 2.24) is 0 Å². The predicted octanol–water partition coefficient (Wildman–Crippen LogP) is 3.94. The van der Waals surface area contributed by atoms with Gasteiger partial charge in [-0.3, -0.25) is 0 Å². The topological polar surface area (TPSA) is 38.0 Å². The zero-order valence-corrected chi connectivity index (χ0v) is 10.7. The lowest BCUT2D eigenvalue weighted by Crippen LogP contribution is -1.92. The van der Waals surface area contributed by atoms with Gasteiger partial charge in [-0.15, -0.1) is 0 Å². The number of hydrogen-bond donors (Lipinski definition) is 2. The molecule has 2 rings (SSSR count). The van der Waals surface area contributed by atoms with Crippen LogP contribution in [0.5, 0.6) is 0 Å². The Bertz CT molecular complexity index is 530. The van der Waals surface area contributed by atoms with E-state index < -0.39 is 0 Å². The Hall–Kier alpha value is -1.67. The molecule has 0 bridgehead atoms. The van der Waals surface area contributed by atoms with Crippen molar-refractivity contribution in [1.29, 1.82) is 0 Å². The minimum absolute atomic E-state index is 0.661. The summed E-state index contributed by atoms with van der Waals surface area (Å²) in [5.41, 5.74) is 11.0. The highest BCUT2D eigenvalue weighted by atomic mass is 35.5. The van der Waals surface area contributed by atoms with E-state index in [0.717, 1.165) is 16.8 Å². The van der Waals surface area contributed by atoms with Crippen LogP contribution in [0.25, 0.3) is 11.1 Å². The first-order valence-electron chi connectivity index (χ1n) is 5.45. The quantitative estimate of drug-likeness (QED) is 0.788. The van der Waals surface area contributed by atoms with Crippen LogP contribution in [0, 0.1) is 6.92 Å². The second-order valence-corrected chi connectivity index (χ2v) is 4.49. The number of anilines is 2. The van der Waals surface area contributed by atoms with Crippen LogP contribution >= 0.6 is 11.6 Å². The number of halogens is 1. The molecule has 3 heteroatoms. The number of nitrogen functional groups attached to an aromatic ring is 1. The van der Waals surface area contributed by atoms with Crippen molar-refractivity contribution in [2.45, 2.75) is 6.92 Å². The van der Waals surface area contributed by atoms with E-state index in [0.29, 0.717) is 10.7 Å². The molecule has 0 saturated carbocycles. The second kappa shape index (κ2) is 4.68. The lowest BCUT2D eigenvalue weighted by Gasteiger charge is -2.10. The first-order valence-corrected chi connectivity index (χ1v) is 5.83. The molecule has 2 aromatic rings. The minimum atomic E-state index is 0.661. The fraction of sp³-hybridized carbons (Fsp3) is 0.143. The third kappa shape index (κ3) is 2.53. The lowest BCUT2D eigenvalue weighted by atomic mass is 9.99. The van der Waals surface area contributed by atoms with Crippen molar-refractivity contribution >= 4 is 23.0 Å². The predicted molar refractivity (Wildman–Crippen MR) is 75.6 cm³/mol. The Labute approximate surface area is 106 Å². The maximum atomic E-state index is 6.03. The first kappa shape index (κ1) is 11.8. The number of rotatable bonds is 2. The Morgan fingerprint density at radius 1 is 1.12 bits per heavy atom. The van der Waals surface area contributed by atoms with Gasteiger partial charge < -0.3 is 11.1 Å². The van der Waals surface area contributed by atoms with Gasteiger partial charge >= 0.3 is 0 Å². The zero-order chi connectivity index (χ0) is 12.4. The van der Waals surface area contributed by atoms with E-state index in [1.807, 2.05) is 25.2 Å². The largest absolute Gasteiger partial charge is 0.399 e. The summed E-state index contributed by atoms with van der Waals surface area (Å²) in [7, 11) is 1.90. The monoisotopic (exact) mass is 246 g/mol. The molecule has 0 aliphatic heterocycles. The molecule has 88 valence electrons. The standard InChI is InChI=1S/C14H15ClN2/c1-9-3-4-13(17-2)8-14(9)10-5-11(15)7-12(16)6-10/h3-8,17H,16H2,1-2H3. The number of nitrogens with one attached hydrogen (secondary N) is 1. The van der Waals surface area contributed by atoms with Crippen LogP contribution in [0.1, 0.15) is 5.56 Å². The van der Waals surface area contributed by atoms with Gasteiger partial charge in [-0.25, -0.2) is 0 Å². The Morgan fingerprint density at radius 2 is 1.88 bits per heavy atom. The van der Waals surface area contributed by atoms with Crippen molar-refractivity contribution < 1.29 is 0 Å². The summed E-state index contributed by atoms with van der Waals surface area (Å²) in [4.78, 5) is 0. The van der Waals surface area contributed by atoms with Crippen molar-refractivity contribution in [3.05, 3.63) is 47.0 Å². The Morgan fingerprint density at radius 3 is 2.53 bits per heavy atom. The van der Waals surface area contributed by atoms with E-state index in [-0.39, 0.29) is 0 Å². The van der Waals surface area contributed by atoms with Gasteiger partial charge in [-0.1, -0.05) is 17.7 Å². The zero-order valence-electron chi connectivity index (χ0n) is 9.92. The molecule has 0 aliphatic rings. The van der Waals surface area contributed by atoms with Crippen LogP contribution in [-0.4, -0.2) is 7.05 Å². The van der Waals surface area contributed by atoms with Gasteiger partial charge in [0.05, 0.1) is 0 Å². The molecule has 0 spiro atoms. The summed E-state index contributed by atoms with van der Waals surface area (Å²) in [6.45, 7) is 2.08. The van der Waals surface area contributed by atoms with Crippen molar-refractivity contribution in [3.63, 3.8) is 0 Å². The summed E-state index contributed by atoms with van der Waals surface area (Å²) < 4.78 is 0. The minimum Gasteiger partial charge on any atom is -0.399 e. The Kier molecular flexibility index (Phi) is 3.25. The van der Waals surface area contributed by atoms with Gasteiger partial charge in [0.2, 0.25) is 0 Å². The van der Waals surface area contributed by atoms with E-state index in [2.05, 4.69) is 24.4 Å². The fourth-order valence-electron chi connectivity index (χ4n) is 1.86. The molecule has 0 aliphatic carbocycles. The average Bonchev–Trinajstić information content (AvgIpc) is 2.28. The molecule has 2 aromatic carbocycles.